The van der Waals surface area contributed by atoms with Crippen LogP contribution in [0.3, 0.4) is 0 Å². The summed E-state index contributed by atoms with van der Waals surface area (Å²) in [5.74, 6) is -1.12. The number of carbonyl (C=O) groups excluding carboxylic acids is 3. The molecule has 202 valence electrons. The average Bonchev–Trinajstić information content (AvgIpc) is 2.88. The number of carbonyl (C=O) groups is 3. The zero-order chi connectivity index (χ0) is 27.4. The van der Waals surface area contributed by atoms with E-state index in [0.717, 1.165) is 11.1 Å². The van der Waals surface area contributed by atoms with Gasteiger partial charge in [0.2, 0.25) is 0 Å². The van der Waals surface area contributed by atoms with Gasteiger partial charge in [0.05, 0.1) is 18.2 Å². The van der Waals surface area contributed by atoms with Crippen LogP contribution in [0.4, 0.5) is 9.18 Å². The van der Waals surface area contributed by atoms with Gasteiger partial charge in [-0.05, 0) is 51.5 Å². The van der Waals surface area contributed by atoms with Crippen molar-refractivity contribution < 1.29 is 23.5 Å². The minimum absolute atomic E-state index is 0.147. The van der Waals surface area contributed by atoms with Crippen molar-refractivity contribution in [2.75, 3.05) is 39.3 Å². The zero-order valence-corrected chi connectivity index (χ0v) is 22.4. The van der Waals surface area contributed by atoms with Crippen molar-refractivity contribution in [1.29, 1.82) is 0 Å². The highest BCUT2D eigenvalue weighted by atomic mass is 19.1. The molecule has 1 fully saturated rings. The Morgan fingerprint density at radius 3 is 2.53 bits per heavy atom. The van der Waals surface area contributed by atoms with Crippen LogP contribution in [0.25, 0.3) is 0 Å². The largest absolute Gasteiger partial charge is 0.463 e. The van der Waals surface area contributed by atoms with Crippen LogP contribution in [-0.2, 0) is 9.53 Å². The van der Waals surface area contributed by atoms with Gasteiger partial charge in [-0.25, -0.2) is 14.0 Å². The molecule has 1 N–H and O–H groups in total. The number of rotatable bonds is 7. The number of nitrogens with zero attached hydrogens (tertiary/aromatic N) is 3. The summed E-state index contributed by atoms with van der Waals surface area (Å²) in [6.07, 6.45) is 0. The molecular weight excluding hydrogens is 487 g/mol. The molecule has 2 aromatic rings. The summed E-state index contributed by atoms with van der Waals surface area (Å²) < 4.78 is 19.2. The maximum Gasteiger partial charge on any atom is 0.338 e. The summed E-state index contributed by atoms with van der Waals surface area (Å²) in [6.45, 7) is 10.0. The Morgan fingerprint density at radius 1 is 1.11 bits per heavy atom. The normalized spacial score (nSPS) is 20.4. The van der Waals surface area contributed by atoms with Crippen molar-refractivity contribution in [3.05, 3.63) is 82.3 Å². The molecule has 0 spiro atoms. The van der Waals surface area contributed by atoms with Gasteiger partial charge in [0.25, 0.3) is 5.91 Å². The van der Waals surface area contributed by atoms with Crippen LogP contribution >= 0.6 is 0 Å². The third-order valence-electron chi connectivity index (χ3n) is 7.04. The minimum atomic E-state index is -0.632. The lowest BCUT2D eigenvalue weighted by atomic mass is 9.93. The van der Waals surface area contributed by atoms with Gasteiger partial charge < -0.3 is 15.0 Å². The van der Waals surface area contributed by atoms with Gasteiger partial charge >= 0.3 is 12.0 Å². The molecule has 9 heteroatoms. The second kappa shape index (κ2) is 11.8. The Balaban J connectivity index is 1.63. The van der Waals surface area contributed by atoms with Crippen LogP contribution in [0.1, 0.15) is 48.3 Å². The van der Waals surface area contributed by atoms with Gasteiger partial charge in [0.15, 0.2) is 0 Å². The van der Waals surface area contributed by atoms with Crippen LogP contribution in [0.5, 0.6) is 0 Å². The molecule has 0 aromatic heterocycles. The van der Waals surface area contributed by atoms with Crippen LogP contribution in [-0.4, -0.2) is 78.0 Å². The fourth-order valence-corrected chi connectivity index (χ4v) is 5.23. The zero-order valence-electron chi connectivity index (χ0n) is 22.4. The SMILES string of the molecule is CCOC(=O)C1=C(CN2CCN(C(=O)c3cccc(F)c3)[C@H](C)C2)N(CC)C(=O)N[C@H]1c1cccc(C)c1. The number of benzene rings is 2. The van der Waals surface area contributed by atoms with Crippen molar-refractivity contribution >= 4 is 17.9 Å². The summed E-state index contributed by atoms with van der Waals surface area (Å²) >= 11 is 0. The first kappa shape index (κ1) is 27.3. The average molecular weight is 523 g/mol. The van der Waals surface area contributed by atoms with Gasteiger partial charge in [-0.15, -0.1) is 0 Å². The summed E-state index contributed by atoms with van der Waals surface area (Å²) in [4.78, 5) is 45.0. The van der Waals surface area contributed by atoms with E-state index in [1.54, 1.807) is 22.8 Å². The Hall–Kier alpha value is -3.72. The second-order valence-corrected chi connectivity index (χ2v) is 9.71. The van der Waals surface area contributed by atoms with E-state index in [9.17, 15) is 18.8 Å². The Kier molecular flexibility index (Phi) is 8.46. The third-order valence-corrected chi connectivity index (χ3v) is 7.04. The van der Waals surface area contributed by atoms with E-state index in [4.69, 9.17) is 4.74 Å². The number of amides is 3. The van der Waals surface area contributed by atoms with Crippen molar-refractivity contribution in [3.63, 3.8) is 0 Å². The number of aryl methyl sites for hydroxylation is 1. The van der Waals surface area contributed by atoms with E-state index in [2.05, 4.69) is 10.2 Å². The number of ether oxygens (including phenoxy) is 1. The summed E-state index contributed by atoms with van der Waals surface area (Å²) in [6, 6.07) is 12.4. The topological polar surface area (TPSA) is 82.2 Å². The number of hydrogen-bond acceptors (Lipinski definition) is 5. The van der Waals surface area contributed by atoms with E-state index in [-0.39, 0.29) is 24.6 Å². The molecule has 2 atom stereocenters. The molecule has 0 aliphatic carbocycles. The number of hydrogen-bond donors (Lipinski definition) is 1. The fraction of sp³-hybridized carbons (Fsp3) is 0.414. The van der Waals surface area contributed by atoms with Crippen LogP contribution in [0.15, 0.2) is 59.8 Å². The number of halogens is 1. The molecule has 38 heavy (non-hydrogen) atoms. The predicted molar refractivity (Wildman–Crippen MR) is 142 cm³/mol. The molecule has 0 saturated carbocycles. The lowest BCUT2D eigenvalue weighted by molar-refractivity contribution is -0.139. The molecule has 4 rings (SSSR count). The molecule has 8 nitrogen and oxygen atoms in total. The summed E-state index contributed by atoms with van der Waals surface area (Å²) in [5.41, 5.74) is 3.18. The Bertz CT molecular complexity index is 1250. The highest BCUT2D eigenvalue weighted by molar-refractivity contribution is 5.95. The van der Waals surface area contributed by atoms with Crippen molar-refractivity contribution in [1.82, 2.24) is 20.0 Å². The molecule has 0 bridgehead atoms. The van der Waals surface area contributed by atoms with Crippen LogP contribution in [0.2, 0.25) is 0 Å². The first-order chi connectivity index (χ1) is 18.2. The van der Waals surface area contributed by atoms with Crippen molar-refractivity contribution in [2.45, 2.75) is 39.8 Å². The standard InChI is InChI=1S/C29H35FN4O4/c1-5-33-24(18-32-13-14-34(20(4)17-32)27(35)22-11-8-12-23(30)16-22)25(28(36)38-6-2)26(31-29(33)37)21-10-7-9-19(3)15-21/h7-12,15-16,20,26H,5-6,13-14,17-18H2,1-4H3,(H,31,37)/t20-,26+/m1/s1. The number of nitrogens with one attached hydrogen (secondary N) is 1. The third kappa shape index (κ3) is 5.72. The van der Waals surface area contributed by atoms with Gasteiger partial charge in [0, 0.05) is 50.0 Å². The highest BCUT2D eigenvalue weighted by Gasteiger charge is 2.39. The molecule has 3 amide bonds. The quantitative estimate of drug-likeness (QED) is 0.558. The van der Waals surface area contributed by atoms with Crippen LogP contribution < -0.4 is 5.32 Å². The van der Waals surface area contributed by atoms with E-state index < -0.39 is 17.8 Å². The number of urea groups is 1. The van der Waals surface area contributed by atoms with Gasteiger partial charge in [0.1, 0.15) is 5.82 Å². The molecule has 2 heterocycles. The molecule has 2 aromatic carbocycles. The lowest BCUT2D eigenvalue weighted by Crippen LogP contribution is -2.56. The lowest BCUT2D eigenvalue weighted by Gasteiger charge is -2.43. The Labute approximate surface area is 223 Å². The maximum atomic E-state index is 13.7. The van der Waals surface area contributed by atoms with E-state index in [1.807, 2.05) is 45.0 Å². The fourth-order valence-electron chi connectivity index (χ4n) is 5.23. The molecule has 1 saturated heterocycles. The van der Waals surface area contributed by atoms with Gasteiger partial charge in [-0.3, -0.25) is 14.6 Å². The maximum absolute atomic E-state index is 13.7. The Morgan fingerprint density at radius 2 is 1.87 bits per heavy atom. The van der Waals surface area contributed by atoms with E-state index in [1.165, 1.54) is 18.2 Å². The highest BCUT2D eigenvalue weighted by Crippen LogP contribution is 2.33. The number of likely N-dealkylation sites (N-methyl/N-ethyl adjacent to an activating group) is 1. The number of piperazine rings is 1. The van der Waals surface area contributed by atoms with Crippen molar-refractivity contribution in [3.8, 4) is 0 Å². The molecule has 0 unspecified atom stereocenters. The minimum Gasteiger partial charge on any atom is -0.463 e. The monoisotopic (exact) mass is 522 g/mol. The smallest absolute Gasteiger partial charge is 0.338 e. The molecule has 2 aliphatic heterocycles. The summed E-state index contributed by atoms with van der Waals surface area (Å²) in [5, 5.41) is 3.00. The van der Waals surface area contributed by atoms with Crippen molar-refractivity contribution in [2.24, 2.45) is 0 Å². The van der Waals surface area contributed by atoms with Gasteiger partial charge in [-0.2, -0.15) is 0 Å². The van der Waals surface area contributed by atoms with E-state index in [0.29, 0.717) is 49.6 Å². The number of esters is 1. The molecule has 2 aliphatic rings. The van der Waals surface area contributed by atoms with Crippen LogP contribution in [0, 0.1) is 12.7 Å². The molecular formula is C29H35FN4O4. The predicted octanol–water partition coefficient (Wildman–Crippen LogP) is 3.88. The second-order valence-electron chi connectivity index (χ2n) is 9.71. The molecule has 0 radical (unpaired) electrons. The van der Waals surface area contributed by atoms with Gasteiger partial charge in [-0.1, -0.05) is 35.9 Å². The summed E-state index contributed by atoms with van der Waals surface area (Å²) in [7, 11) is 0. The first-order valence-corrected chi connectivity index (χ1v) is 13.1. The van der Waals surface area contributed by atoms with E-state index >= 15 is 0 Å². The first-order valence-electron chi connectivity index (χ1n) is 13.1.